The van der Waals surface area contributed by atoms with Gasteiger partial charge in [-0.25, -0.2) is 4.98 Å². The first-order valence-corrected chi connectivity index (χ1v) is 3.93. The normalized spacial score (nSPS) is 14.1. The van der Waals surface area contributed by atoms with E-state index >= 15 is 0 Å². The summed E-state index contributed by atoms with van der Waals surface area (Å²) < 4.78 is 0. The van der Waals surface area contributed by atoms with Crippen LogP contribution in [0.15, 0.2) is 12.5 Å². The van der Waals surface area contributed by atoms with Crippen molar-refractivity contribution >= 4 is 5.97 Å². The van der Waals surface area contributed by atoms with Gasteiger partial charge in [0, 0.05) is 17.3 Å². The Bertz CT molecular complexity index is 292. The highest BCUT2D eigenvalue weighted by Crippen LogP contribution is 2.23. The molecule has 5 heteroatoms. The van der Waals surface area contributed by atoms with E-state index in [1.165, 1.54) is 6.33 Å². The van der Waals surface area contributed by atoms with Gasteiger partial charge in [-0.15, -0.1) is 0 Å². The Kier molecular flexibility index (Phi) is 2.38. The van der Waals surface area contributed by atoms with Crippen LogP contribution in [0, 0.1) is 0 Å². The molecular formula is C8H13N3O2. The maximum absolute atomic E-state index is 10.7. The number of rotatable bonds is 3. The van der Waals surface area contributed by atoms with Crippen LogP contribution < -0.4 is 5.73 Å². The lowest BCUT2D eigenvalue weighted by atomic mass is 9.82. The number of nitrogens with one attached hydrogen (secondary N) is 1. The van der Waals surface area contributed by atoms with Gasteiger partial charge in [-0.1, -0.05) is 13.8 Å². The van der Waals surface area contributed by atoms with Gasteiger partial charge >= 0.3 is 5.97 Å². The monoisotopic (exact) mass is 183 g/mol. The van der Waals surface area contributed by atoms with E-state index in [0.717, 1.165) is 5.69 Å². The molecule has 0 bridgehead atoms. The Balaban J connectivity index is 2.95. The van der Waals surface area contributed by atoms with Crippen LogP contribution in [0.4, 0.5) is 0 Å². The highest BCUT2D eigenvalue weighted by Gasteiger charge is 2.34. The predicted molar refractivity (Wildman–Crippen MR) is 47.2 cm³/mol. The molecule has 0 saturated heterocycles. The van der Waals surface area contributed by atoms with Crippen LogP contribution >= 0.6 is 0 Å². The van der Waals surface area contributed by atoms with Gasteiger partial charge in [0.05, 0.1) is 6.33 Å². The van der Waals surface area contributed by atoms with Crippen molar-refractivity contribution in [1.82, 2.24) is 9.97 Å². The van der Waals surface area contributed by atoms with Crippen LogP contribution in [0.2, 0.25) is 0 Å². The van der Waals surface area contributed by atoms with Crippen molar-refractivity contribution in [3.8, 4) is 0 Å². The first-order chi connectivity index (χ1) is 5.96. The summed E-state index contributed by atoms with van der Waals surface area (Å²) >= 11 is 0. The predicted octanol–water partition coefficient (Wildman–Crippen LogP) is 0.0992. The number of nitrogens with two attached hydrogens (primary N) is 1. The van der Waals surface area contributed by atoms with Gasteiger partial charge < -0.3 is 15.8 Å². The Morgan fingerprint density at radius 1 is 1.77 bits per heavy atom. The fourth-order valence-corrected chi connectivity index (χ4v) is 1.08. The molecule has 0 amide bonds. The number of carboxylic acid groups (broad SMARTS) is 1. The number of hydrogen-bond donors (Lipinski definition) is 3. The number of nitrogens with zero attached hydrogens (tertiary/aromatic N) is 1. The molecule has 1 rings (SSSR count). The summed E-state index contributed by atoms with van der Waals surface area (Å²) in [6.07, 6.45) is 3.09. The van der Waals surface area contributed by atoms with Crippen LogP contribution in [0.25, 0.3) is 0 Å². The van der Waals surface area contributed by atoms with Crippen molar-refractivity contribution in [3.63, 3.8) is 0 Å². The second-order valence-electron chi connectivity index (χ2n) is 3.50. The molecule has 0 unspecified atom stereocenters. The minimum Gasteiger partial charge on any atom is -0.480 e. The largest absolute Gasteiger partial charge is 0.480 e. The Morgan fingerprint density at radius 3 is 2.77 bits per heavy atom. The molecule has 13 heavy (non-hydrogen) atoms. The topological polar surface area (TPSA) is 92.0 Å². The molecule has 5 nitrogen and oxygen atoms in total. The molecule has 0 fully saturated rings. The van der Waals surface area contributed by atoms with Crippen LogP contribution in [-0.2, 0) is 10.2 Å². The molecule has 1 aromatic rings. The third-order valence-electron chi connectivity index (χ3n) is 2.24. The smallest absolute Gasteiger partial charge is 0.321 e. The summed E-state index contributed by atoms with van der Waals surface area (Å²) in [5, 5.41) is 8.76. The number of imidazole rings is 1. The standard InChI is InChI=1S/C8H13N3O2/c1-8(2,6(9)7(12)13)5-3-10-4-11-5/h3-4,6H,9H2,1-2H3,(H,10,11)(H,12,13)/t6-/m1/s1. The summed E-state index contributed by atoms with van der Waals surface area (Å²) in [6, 6.07) is -0.937. The van der Waals surface area contributed by atoms with Crippen molar-refractivity contribution in [2.24, 2.45) is 5.73 Å². The van der Waals surface area contributed by atoms with Crippen molar-refractivity contribution < 1.29 is 9.90 Å². The molecular weight excluding hydrogens is 170 g/mol. The van der Waals surface area contributed by atoms with Crippen LogP contribution in [0.3, 0.4) is 0 Å². The molecule has 0 radical (unpaired) electrons. The zero-order chi connectivity index (χ0) is 10.1. The molecule has 1 heterocycles. The summed E-state index contributed by atoms with van der Waals surface area (Å²) in [5.74, 6) is -1.01. The minimum atomic E-state index is -1.01. The molecule has 4 N–H and O–H groups in total. The molecule has 0 aliphatic heterocycles. The number of H-pyrrole nitrogens is 1. The van der Waals surface area contributed by atoms with E-state index in [0.29, 0.717) is 0 Å². The van der Waals surface area contributed by atoms with Gasteiger partial charge in [0.15, 0.2) is 0 Å². The third kappa shape index (κ3) is 1.70. The van der Waals surface area contributed by atoms with E-state index in [4.69, 9.17) is 10.8 Å². The number of carbonyl (C=O) groups is 1. The highest BCUT2D eigenvalue weighted by atomic mass is 16.4. The summed E-state index contributed by atoms with van der Waals surface area (Å²) in [4.78, 5) is 17.4. The molecule has 1 aromatic heterocycles. The molecule has 0 aliphatic carbocycles. The van der Waals surface area contributed by atoms with Gasteiger partial charge in [-0.05, 0) is 0 Å². The van der Waals surface area contributed by atoms with Gasteiger partial charge in [0.25, 0.3) is 0 Å². The van der Waals surface area contributed by atoms with Gasteiger partial charge in [-0.3, -0.25) is 4.79 Å². The molecule has 1 atom stereocenters. The lowest BCUT2D eigenvalue weighted by Gasteiger charge is -2.26. The number of aromatic amines is 1. The van der Waals surface area contributed by atoms with Crippen LogP contribution in [-0.4, -0.2) is 27.1 Å². The van der Waals surface area contributed by atoms with E-state index in [9.17, 15) is 4.79 Å². The lowest BCUT2D eigenvalue weighted by Crippen LogP contribution is -2.47. The van der Waals surface area contributed by atoms with E-state index in [-0.39, 0.29) is 0 Å². The summed E-state index contributed by atoms with van der Waals surface area (Å²) in [7, 11) is 0. The van der Waals surface area contributed by atoms with Crippen molar-refractivity contribution in [1.29, 1.82) is 0 Å². The SMILES string of the molecule is CC(C)(c1cnc[nH]1)[C@H](N)C(=O)O. The molecule has 0 aliphatic rings. The van der Waals surface area contributed by atoms with Gasteiger partial charge in [0.1, 0.15) is 6.04 Å². The van der Waals surface area contributed by atoms with Crippen LogP contribution in [0.5, 0.6) is 0 Å². The van der Waals surface area contributed by atoms with E-state index < -0.39 is 17.4 Å². The Morgan fingerprint density at radius 2 is 2.38 bits per heavy atom. The van der Waals surface area contributed by atoms with E-state index in [1.54, 1.807) is 20.0 Å². The van der Waals surface area contributed by atoms with Crippen molar-refractivity contribution in [2.45, 2.75) is 25.3 Å². The Labute approximate surface area is 76.0 Å². The fourth-order valence-electron chi connectivity index (χ4n) is 1.08. The Hall–Kier alpha value is -1.36. The molecule has 72 valence electrons. The number of hydrogen-bond acceptors (Lipinski definition) is 3. The molecule has 0 saturated carbocycles. The van der Waals surface area contributed by atoms with E-state index in [1.807, 2.05) is 0 Å². The average Bonchev–Trinajstić information content (AvgIpc) is 2.54. The zero-order valence-corrected chi connectivity index (χ0v) is 7.61. The average molecular weight is 183 g/mol. The second-order valence-corrected chi connectivity index (χ2v) is 3.50. The zero-order valence-electron chi connectivity index (χ0n) is 7.61. The van der Waals surface area contributed by atoms with Crippen molar-refractivity contribution in [2.75, 3.05) is 0 Å². The number of aromatic nitrogens is 2. The van der Waals surface area contributed by atoms with Crippen LogP contribution in [0.1, 0.15) is 19.5 Å². The fraction of sp³-hybridized carbons (Fsp3) is 0.500. The maximum atomic E-state index is 10.7. The van der Waals surface area contributed by atoms with Gasteiger partial charge in [0.2, 0.25) is 0 Å². The van der Waals surface area contributed by atoms with Gasteiger partial charge in [-0.2, -0.15) is 0 Å². The lowest BCUT2D eigenvalue weighted by molar-refractivity contribution is -0.140. The third-order valence-corrected chi connectivity index (χ3v) is 2.24. The van der Waals surface area contributed by atoms with E-state index in [2.05, 4.69) is 9.97 Å². The summed E-state index contributed by atoms with van der Waals surface area (Å²) in [5.41, 5.74) is 5.63. The molecule has 0 spiro atoms. The maximum Gasteiger partial charge on any atom is 0.321 e. The minimum absolute atomic E-state index is 0.637. The molecule has 0 aromatic carbocycles. The first-order valence-electron chi connectivity index (χ1n) is 3.93. The quantitative estimate of drug-likeness (QED) is 0.619. The van der Waals surface area contributed by atoms with Crippen molar-refractivity contribution in [3.05, 3.63) is 18.2 Å². The number of aliphatic carboxylic acids is 1. The second kappa shape index (κ2) is 3.18. The summed E-state index contributed by atoms with van der Waals surface area (Å²) in [6.45, 7) is 3.53. The first kappa shape index (κ1) is 9.73. The number of carboxylic acids is 1. The highest BCUT2D eigenvalue weighted by molar-refractivity contribution is 5.75.